The molecule has 7 heteroatoms. The number of halogens is 2. The second-order valence-electron chi connectivity index (χ2n) is 8.01. The largest absolute Gasteiger partial charge is 0.496 e. The van der Waals surface area contributed by atoms with E-state index in [-0.39, 0.29) is 22.1 Å². The van der Waals surface area contributed by atoms with Gasteiger partial charge >= 0.3 is 0 Å². The van der Waals surface area contributed by atoms with Gasteiger partial charge in [-0.25, -0.2) is 4.39 Å². The van der Waals surface area contributed by atoms with Gasteiger partial charge in [0.1, 0.15) is 29.8 Å². The fraction of sp³-hybridized carbons (Fsp3) is 0.192. The minimum Gasteiger partial charge on any atom is -0.496 e. The van der Waals surface area contributed by atoms with Crippen LogP contribution in [0.3, 0.4) is 0 Å². The lowest BCUT2D eigenvalue weighted by Crippen LogP contribution is -2.32. The first-order valence-electron chi connectivity index (χ1n) is 10.5. The molecule has 0 aliphatic carbocycles. The van der Waals surface area contributed by atoms with Crippen LogP contribution in [0, 0.1) is 12.7 Å². The summed E-state index contributed by atoms with van der Waals surface area (Å²) in [5, 5.41) is 0.209. The smallest absolute Gasteiger partial charge is 0.231 e. The number of fused-ring (bicyclic) bond motifs is 2. The van der Waals surface area contributed by atoms with Gasteiger partial charge in [0, 0.05) is 35.3 Å². The van der Waals surface area contributed by atoms with Gasteiger partial charge in [-0.2, -0.15) is 0 Å². The molecule has 0 saturated heterocycles. The minimum absolute atomic E-state index is 0.0355. The molecule has 2 aliphatic heterocycles. The Morgan fingerprint density at radius 3 is 2.79 bits per heavy atom. The molecular weight excluding hydrogens is 445 g/mol. The van der Waals surface area contributed by atoms with Crippen LogP contribution in [-0.2, 0) is 13.1 Å². The van der Waals surface area contributed by atoms with Crippen molar-refractivity contribution in [3.05, 3.63) is 92.9 Å². The van der Waals surface area contributed by atoms with Crippen molar-refractivity contribution >= 4 is 23.5 Å². The quantitative estimate of drug-likeness (QED) is 0.458. The fourth-order valence-electron chi connectivity index (χ4n) is 4.25. The maximum absolute atomic E-state index is 14.2. The molecule has 0 unspecified atom stereocenters. The third-order valence-electron chi connectivity index (χ3n) is 5.86. The fourth-order valence-corrected chi connectivity index (χ4v) is 4.47. The molecule has 3 aromatic rings. The highest BCUT2D eigenvalue weighted by Crippen LogP contribution is 2.43. The molecule has 0 saturated carbocycles. The number of ether oxygens (including phenoxy) is 3. The summed E-state index contributed by atoms with van der Waals surface area (Å²) in [7, 11) is 1.65. The molecule has 5 nitrogen and oxygen atoms in total. The summed E-state index contributed by atoms with van der Waals surface area (Å²) in [6.07, 6.45) is 1.35. The number of hydrogen-bond acceptors (Lipinski definition) is 5. The van der Waals surface area contributed by atoms with E-state index in [1.54, 1.807) is 19.2 Å². The number of carbonyl (C=O) groups is 1. The normalized spacial score (nSPS) is 16.2. The number of para-hydroxylation sites is 1. The number of methoxy groups -OCH3 is 1. The van der Waals surface area contributed by atoms with Crippen molar-refractivity contribution in [1.82, 2.24) is 4.90 Å². The van der Waals surface area contributed by atoms with Gasteiger partial charge in [0.25, 0.3) is 0 Å². The van der Waals surface area contributed by atoms with Gasteiger partial charge in [0.05, 0.1) is 17.7 Å². The lowest BCUT2D eigenvalue weighted by Gasteiger charge is -2.30. The summed E-state index contributed by atoms with van der Waals surface area (Å²) < 4.78 is 31.6. The lowest BCUT2D eigenvalue weighted by atomic mass is 9.99. The molecule has 2 heterocycles. The highest BCUT2D eigenvalue weighted by atomic mass is 35.5. The van der Waals surface area contributed by atoms with E-state index in [1.165, 1.54) is 18.2 Å². The van der Waals surface area contributed by atoms with Crippen LogP contribution in [-0.4, -0.2) is 24.5 Å². The Balaban J connectivity index is 1.44. The summed E-state index contributed by atoms with van der Waals surface area (Å²) in [4.78, 5) is 15.2. The molecule has 2 aliphatic rings. The van der Waals surface area contributed by atoms with Gasteiger partial charge in [-0.15, -0.1) is 0 Å². The van der Waals surface area contributed by atoms with Gasteiger partial charge in [0.15, 0.2) is 5.76 Å². The number of rotatable bonds is 4. The number of benzene rings is 3. The van der Waals surface area contributed by atoms with E-state index in [0.29, 0.717) is 36.9 Å². The molecule has 0 spiro atoms. The highest BCUT2D eigenvalue weighted by Gasteiger charge is 2.34. The average Bonchev–Trinajstić information content (AvgIpc) is 3.12. The third kappa shape index (κ3) is 3.86. The van der Waals surface area contributed by atoms with Crippen molar-refractivity contribution in [2.45, 2.75) is 20.0 Å². The topological polar surface area (TPSA) is 48.0 Å². The van der Waals surface area contributed by atoms with E-state index >= 15 is 0 Å². The van der Waals surface area contributed by atoms with Gasteiger partial charge in [-0.05, 0) is 37.3 Å². The molecule has 0 N–H and O–H groups in total. The maximum Gasteiger partial charge on any atom is 0.231 e. The predicted octanol–water partition coefficient (Wildman–Crippen LogP) is 5.76. The first kappa shape index (κ1) is 21.5. The van der Waals surface area contributed by atoms with E-state index in [1.807, 2.05) is 31.2 Å². The molecule has 0 fully saturated rings. The lowest BCUT2D eigenvalue weighted by molar-refractivity contribution is 0.0869. The summed E-state index contributed by atoms with van der Waals surface area (Å²) in [5.74, 6) is 1.18. The van der Waals surface area contributed by atoms with Crippen LogP contribution >= 0.6 is 11.6 Å². The van der Waals surface area contributed by atoms with Crippen LogP contribution in [0.5, 0.6) is 17.2 Å². The van der Waals surface area contributed by atoms with Crippen molar-refractivity contribution in [2.75, 3.05) is 13.8 Å². The summed E-state index contributed by atoms with van der Waals surface area (Å²) in [5.41, 5.74) is 3.26. The molecule has 33 heavy (non-hydrogen) atoms. The molecule has 0 amide bonds. The average molecular weight is 466 g/mol. The zero-order valence-corrected chi connectivity index (χ0v) is 18.9. The molecule has 0 atom stereocenters. The second kappa shape index (κ2) is 8.54. The third-order valence-corrected chi connectivity index (χ3v) is 6.19. The molecule has 168 valence electrons. The molecule has 0 bridgehead atoms. The van der Waals surface area contributed by atoms with Gasteiger partial charge in [0.2, 0.25) is 5.78 Å². The number of Topliss-reactive ketones (excluding diaryl/α,β-unsaturated/α-hetero) is 1. The standard InChI is InChI=1S/C26H21ClFNO4/c1-15-25-17(13-29(14-32-25)12-16-6-3-4-9-22(16)31-2)10-19-24(30)23(33-26(15)19)11-18-20(27)7-5-8-21(18)28/h3-11H,12-14H2,1-2H3/b23-11-. The predicted molar refractivity (Wildman–Crippen MR) is 123 cm³/mol. The number of hydrogen-bond donors (Lipinski definition) is 0. The first-order valence-corrected chi connectivity index (χ1v) is 10.9. The van der Waals surface area contributed by atoms with Crippen molar-refractivity contribution in [2.24, 2.45) is 0 Å². The summed E-state index contributed by atoms with van der Waals surface area (Å²) in [6, 6.07) is 14.0. The van der Waals surface area contributed by atoms with Crippen molar-refractivity contribution < 1.29 is 23.4 Å². The number of allylic oxidation sites excluding steroid dienone is 1. The van der Waals surface area contributed by atoms with Gasteiger partial charge in [-0.1, -0.05) is 35.9 Å². The molecular formula is C26H21ClFNO4. The zero-order chi connectivity index (χ0) is 23.1. The van der Waals surface area contributed by atoms with E-state index in [2.05, 4.69) is 4.90 Å². The minimum atomic E-state index is -0.520. The maximum atomic E-state index is 14.2. The Morgan fingerprint density at radius 2 is 2.00 bits per heavy atom. The Morgan fingerprint density at radius 1 is 1.18 bits per heavy atom. The van der Waals surface area contributed by atoms with Gasteiger partial charge < -0.3 is 14.2 Å². The monoisotopic (exact) mass is 465 g/mol. The highest BCUT2D eigenvalue weighted by molar-refractivity contribution is 6.32. The second-order valence-corrected chi connectivity index (χ2v) is 8.42. The van der Waals surface area contributed by atoms with Crippen molar-refractivity contribution in [1.29, 1.82) is 0 Å². The van der Waals surface area contributed by atoms with E-state index in [9.17, 15) is 9.18 Å². The SMILES string of the molecule is COc1ccccc1CN1COc2c(cc3c(c2C)O/C(=C\c2c(F)cccc2Cl)C3=O)C1. The van der Waals surface area contributed by atoms with Crippen LogP contribution < -0.4 is 14.2 Å². The molecule has 0 aromatic heterocycles. The zero-order valence-electron chi connectivity index (χ0n) is 18.2. The summed E-state index contributed by atoms with van der Waals surface area (Å²) >= 11 is 6.12. The Bertz CT molecular complexity index is 1280. The van der Waals surface area contributed by atoms with Crippen LogP contribution in [0.2, 0.25) is 5.02 Å². The molecule has 5 rings (SSSR count). The first-order chi connectivity index (χ1) is 16.0. The van der Waals surface area contributed by atoms with E-state index in [0.717, 1.165) is 22.4 Å². The van der Waals surface area contributed by atoms with Crippen LogP contribution in [0.15, 0.2) is 54.3 Å². The molecule has 0 radical (unpaired) electrons. The van der Waals surface area contributed by atoms with E-state index < -0.39 is 5.82 Å². The van der Waals surface area contributed by atoms with Crippen LogP contribution in [0.25, 0.3) is 6.08 Å². The van der Waals surface area contributed by atoms with Crippen molar-refractivity contribution in [3.8, 4) is 17.2 Å². The Kier molecular flexibility index (Phi) is 5.56. The van der Waals surface area contributed by atoms with Crippen LogP contribution in [0.4, 0.5) is 4.39 Å². The number of carbonyl (C=O) groups excluding carboxylic acids is 1. The number of nitrogens with zero attached hydrogens (tertiary/aromatic N) is 1. The van der Waals surface area contributed by atoms with Crippen LogP contribution in [0.1, 0.15) is 32.6 Å². The number of ketones is 1. The summed E-state index contributed by atoms with van der Waals surface area (Å²) in [6.45, 7) is 3.50. The Labute approximate surface area is 195 Å². The molecule has 3 aromatic carbocycles. The van der Waals surface area contributed by atoms with Gasteiger partial charge in [-0.3, -0.25) is 9.69 Å². The Hall–Kier alpha value is -3.35. The van der Waals surface area contributed by atoms with Crippen molar-refractivity contribution in [3.63, 3.8) is 0 Å². The van der Waals surface area contributed by atoms with E-state index in [4.69, 9.17) is 25.8 Å².